The molecule has 0 spiro atoms. The van der Waals surface area contributed by atoms with E-state index in [0.717, 1.165) is 12.3 Å². The number of carbonyl (C=O) groups is 1. The highest BCUT2D eigenvalue weighted by molar-refractivity contribution is 5.99. The Balaban J connectivity index is 1.48. The van der Waals surface area contributed by atoms with Gasteiger partial charge in [0.1, 0.15) is 12.2 Å². The molecular weight excluding hydrogens is 435 g/mol. The molecule has 172 valence electrons. The molecule has 2 atom stereocenters. The molecule has 3 N–H and O–H groups in total. The molecule has 2 unspecified atom stereocenters. The molecule has 9 heteroatoms. The molecular formula is C24H22F3N3O3. The lowest BCUT2D eigenvalue weighted by Crippen LogP contribution is -2.27. The van der Waals surface area contributed by atoms with Crippen molar-refractivity contribution in [1.29, 1.82) is 0 Å². The van der Waals surface area contributed by atoms with Crippen molar-refractivity contribution in [1.82, 2.24) is 4.98 Å². The molecule has 2 aromatic carbocycles. The van der Waals surface area contributed by atoms with Gasteiger partial charge in [0, 0.05) is 30.9 Å². The smallest absolute Gasteiger partial charge is 0.417 e. The number of benzene rings is 2. The molecule has 0 saturated carbocycles. The molecule has 1 aliphatic rings. The molecule has 4 rings (SSSR count). The zero-order chi connectivity index (χ0) is 23.6. The van der Waals surface area contributed by atoms with Crippen molar-refractivity contribution in [3.8, 4) is 5.88 Å². The average Bonchev–Trinajstić information content (AvgIpc) is 3.26. The van der Waals surface area contributed by atoms with Crippen LogP contribution in [0, 0.1) is 0 Å². The molecule has 0 radical (unpaired) electrons. The lowest BCUT2D eigenvalue weighted by atomic mass is 9.98. The summed E-state index contributed by atoms with van der Waals surface area (Å²) in [6.45, 7) is 0.968. The lowest BCUT2D eigenvalue weighted by Gasteiger charge is -2.22. The van der Waals surface area contributed by atoms with Crippen LogP contribution in [0.15, 0.2) is 66.9 Å². The van der Waals surface area contributed by atoms with Gasteiger partial charge >= 0.3 is 6.18 Å². The Morgan fingerprint density at radius 2 is 1.88 bits per heavy atom. The van der Waals surface area contributed by atoms with Crippen molar-refractivity contribution >= 4 is 11.6 Å². The number of aromatic nitrogens is 1. The number of primary amides is 1. The van der Waals surface area contributed by atoms with Gasteiger partial charge in [0.2, 0.25) is 5.88 Å². The normalized spacial score (nSPS) is 17.1. The van der Waals surface area contributed by atoms with Gasteiger partial charge in [-0.1, -0.05) is 36.4 Å². The monoisotopic (exact) mass is 457 g/mol. The Morgan fingerprint density at radius 1 is 1.12 bits per heavy atom. The summed E-state index contributed by atoms with van der Waals surface area (Å²) in [6, 6.07) is 16.2. The van der Waals surface area contributed by atoms with Gasteiger partial charge in [-0.05, 0) is 29.3 Å². The van der Waals surface area contributed by atoms with Gasteiger partial charge in [-0.25, -0.2) is 4.98 Å². The summed E-state index contributed by atoms with van der Waals surface area (Å²) in [7, 11) is 0. The van der Waals surface area contributed by atoms with E-state index in [9.17, 15) is 23.1 Å². The van der Waals surface area contributed by atoms with E-state index in [1.54, 1.807) is 30.3 Å². The van der Waals surface area contributed by atoms with Crippen molar-refractivity contribution < 1.29 is 27.8 Å². The van der Waals surface area contributed by atoms with E-state index < -0.39 is 23.8 Å². The molecule has 0 bridgehead atoms. The lowest BCUT2D eigenvalue weighted by molar-refractivity contribution is -0.137. The largest absolute Gasteiger partial charge is 0.472 e. The summed E-state index contributed by atoms with van der Waals surface area (Å²) in [5.41, 5.74) is 6.89. The molecule has 3 aromatic rings. The first-order valence-corrected chi connectivity index (χ1v) is 10.3. The van der Waals surface area contributed by atoms with Crippen LogP contribution in [0.1, 0.15) is 39.6 Å². The number of halogens is 3. The Bertz CT molecular complexity index is 1120. The summed E-state index contributed by atoms with van der Waals surface area (Å²) < 4.78 is 43.8. The van der Waals surface area contributed by atoms with Crippen molar-refractivity contribution in [2.45, 2.75) is 24.8 Å². The molecule has 6 nitrogen and oxygen atoms in total. The highest BCUT2D eigenvalue weighted by Gasteiger charge is 2.31. The fourth-order valence-electron chi connectivity index (χ4n) is 3.86. The van der Waals surface area contributed by atoms with Crippen molar-refractivity contribution in [2.24, 2.45) is 5.73 Å². The number of amides is 1. The number of rotatable bonds is 6. The zero-order valence-corrected chi connectivity index (χ0v) is 17.5. The van der Waals surface area contributed by atoms with Gasteiger partial charge in [-0.3, -0.25) is 4.79 Å². The molecule has 33 heavy (non-hydrogen) atoms. The number of alkyl halides is 3. The predicted molar refractivity (Wildman–Crippen MR) is 116 cm³/mol. The second-order valence-electron chi connectivity index (χ2n) is 7.81. The number of pyridine rings is 1. The third-order valence-corrected chi connectivity index (χ3v) is 5.55. The Morgan fingerprint density at radius 3 is 2.52 bits per heavy atom. The minimum atomic E-state index is -4.46. The molecule has 2 heterocycles. The first-order valence-electron chi connectivity index (χ1n) is 10.3. The van der Waals surface area contributed by atoms with Gasteiger partial charge in [0.05, 0.1) is 17.7 Å². The van der Waals surface area contributed by atoms with E-state index in [2.05, 4.69) is 4.98 Å². The number of nitrogens with two attached hydrogens (primary N) is 1. The topological polar surface area (TPSA) is 88.7 Å². The van der Waals surface area contributed by atoms with Crippen molar-refractivity contribution in [3.05, 3.63) is 89.1 Å². The maximum Gasteiger partial charge on any atom is 0.417 e. The number of carbonyl (C=O) groups excluding carboxylic acids is 1. The Hall–Kier alpha value is -3.59. The predicted octanol–water partition coefficient (Wildman–Crippen LogP) is 3.94. The van der Waals surface area contributed by atoms with Crippen LogP contribution >= 0.6 is 0 Å². The molecule has 1 amide bonds. The summed E-state index contributed by atoms with van der Waals surface area (Å²) >= 11 is 0. The molecule has 0 aliphatic carbocycles. The average molecular weight is 457 g/mol. The maximum absolute atomic E-state index is 12.7. The molecule has 1 fully saturated rings. The Labute approximate surface area is 188 Å². The zero-order valence-electron chi connectivity index (χ0n) is 17.5. The van der Waals surface area contributed by atoms with Crippen LogP contribution in [-0.2, 0) is 6.18 Å². The number of anilines is 1. The fraction of sp³-hybridized carbons (Fsp3) is 0.250. The standard InChI is InChI=1S/C24H22F3N3O3/c25-24(26,27)17-7-9-21(29-13-17)33-18-10-11-30(14-18)20-8-6-16(12-19(20)23(28)32)22(31)15-4-2-1-3-5-15/h1-9,12-13,18,22,31H,10-11,14H2,(H2,28,32). The van der Waals surface area contributed by atoms with E-state index in [0.29, 0.717) is 36.3 Å². The van der Waals surface area contributed by atoms with E-state index in [1.807, 2.05) is 23.1 Å². The van der Waals surface area contributed by atoms with E-state index in [-0.39, 0.29) is 17.5 Å². The van der Waals surface area contributed by atoms with Crippen LogP contribution in [0.2, 0.25) is 0 Å². The van der Waals surface area contributed by atoms with Crippen molar-refractivity contribution in [3.63, 3.8) is 0 Å². The number of ether oxygens (including phenoxy) is 1. The fourth-order valence-corrected chi connectivity index (χ4v) is 3.86. The second kappa shape index (κ2) is 9.11. The highest BCUT2D eigenvalue weighted by atomic mass is 19.4. The van der Waals surface area contributed by atoms with Crippen LogP contribution < -0.4 is 15.4 Å². The van der Waals surface area contributed by atoms with E-state index >= 15 is 0 Å². The SMILES string of the molecule is NC(=O)c1cc(C(O)c2ccccc2)ccc1N1CCC(Oc2ccc(C(F)(F)F)cn2)C1. The number of hydrogen-bond acceptors (Lipinski definition) is 5. The summed E-state index contributed by atoms with van der Waals surface area (Å²) in [4.78, 5) is 17.8. The quantitative estimate of drug-likeness (QED) is 0.586. The van der Waals surface area contributed by atoms with Gasteiger partial charge in [0.15, 0.2) is 0 Å². The first-order chi connectivity index (χ1) is 15.7. The third kappa shape index (κ3) is 5.09. The first kappa shape index (κ1) is 22.6. The molecule has 1 saturated heterocycles. The number of aliphatic hydroxyl groups excluding tert-OH is 1. The molecule has 1 aliphatic heterocycles. The molecule has 1 aromatic heterocycles. The Kier molecular flexibility index (Phi) is 6.24. The van der Waals surface area contributed by atoms with Gasteiger partial charge in [-0.15, -0.1) is 0 Å². The maximum atomic E-state index is 12.7. The van der Waals surface area contributed by atoms with Crippen LogP contribution in [0.5, 0.6) is 5.88 Å². The second-order valence-corrected chi connectivity index (χ2v) is 7.81. The van der Waals surface area contributed by atoms with Crippen LogP contribution in [0.4, 0.5) is 18.9 Å². The highest BCUT2D eigenvalue weighted by Crippen LogP contribution is 2.32. The number of aliphatic hydroxyl groups is 1. The summed E-state index contributed by atoms with van der Waals surface area (Å²) in [5.74, 6) is -0.521. The minimum absolute atomic E-state index is 0.103. The summed E-state index contributed by atoms with van der Waals surface area (Å²) in [6.07, 6.45) is -4.34. The minimum Gasteiger partial charge on any atom is -0.472 e. The summed E-state index contributed by atoms with van der Waals surface area (Å²) in [5, 5.41) is 10.7. The van der Waals surface area contributed by atoms with Crippen molar-refractivity contribution in [2.75, 3.05) is 18.0 Å². The number of nitrogens with zero attached hydrogens (tertiary/aromatic N) is 2. The van der Waals surface area contributed by atoms with Gasteiger partial charge in [-0.2, -0.15) is 13.2 Å². The third-order valence-electron chi connectivity index (χ3n) is 5.55. The van der Waals surface area contributed by atoms with Gasteiger partial charge < -0.3 is 20.5 Å². The van der Waals surface area contributed by atoms with Gasteiger partial charge in [0.25, 0.3) is 5.91 Å². The van der Waals surface area contributed by atoms with Crippen LogP contribution in [0.3, 0.4) is 0 Å². The van der Waals surface area contributed by atoms with E-state index in [1.165, 1.54) is 6.07 Å². The van der Waals surface area contributed by atoms with E-state index in [4.69, 9.17) is 10.5 Å². The van der Waals surface area contributed by atoms with Crippen LogP contribution in [-0.4, -0.2) is 35.2 Å². The number of hydrogen-bond donors (Lipinski definition) is 2. The van der Waals surface area contributed by atoms with Crippen LogP contribution in [0.25, 0.3) is 0 Å².